The molecule has 0 aromatic rings. The molecule has 0 unspecified atom stereocenters. The third kappa shape index (κ3) is 4.30. The van der Waals surface area contributed by atoms with E-state index in [0.717, 1.165) is 18.8 Å². The molecule has 0 radical (unpaired) electrons. The summed E-state index contributed by atoms with van der Waals surface area (Å²) in [4.78, 5) is 11.1. The Kier molecular flexibility index (Phi) is 4.87. The van der Waals surface area contributed by atoms with Gasteiger partial charge < -0.3 is 4.74 Å². The molecule has 0 amide bonds. The summed E-state index contributed by atoms with van der Waals surface area (Å²) in [5, 5.41) is 0. The predicted molar refractivity (Wildman–Crippen MR) is 52.4 cm³/mol. The number of ether oxygens (including phenoxy) is 1. The molecule has 2 nitrogen and oxygen atoms in total. The summed E-state index contributed by atoms with van der Waals surface area (Å²) in [5.74, 6) is 0.794. The quantitative estimate of drug-likeness (QED) is 0.614. The highest BCUT2D eigenvalue weighted by Crippen LogP contribution is 2.28. The van der Waals surface area contributed by atoms with Crippen molar-refractivity contribution in [3.63, 3.8) is 0 Å². The first-order chi connectivity index (χ1) is 6.33. The summed E-state index contributed by atoms with van der Waals surface area (Å²) in [5.41, 5.74) is 0. The molecule has 1 aliphatic carbocycles. The van der Waals surface area contributed by atoms with Crippen molar-refractivity contribution in [3.8, 4) is 0 Å². The molecule has 2 heteroatoms. The van der Waals surface area contributed by atoms with Crippen molar-refractivity contribution in [3.05, 3.63) is 0 Å². The minimum Gasteiger partial charge on any atom is -0.466 e. The molecule has 0 aromatic heterocycles. The van der Waals surface area contributed by atoms with E-state index in [1.807, 2.05) is 6.92 Å². The maximum atomic E-state index is 11.1. The molecule has 0 spiro atoms. The Hall–Kier alpha value is -0.530. The van der Waals surface area contributed by atoms with Gasteiger partial charge in [0.1, 0.15) is 0 Å². The Morgan fingerprint density at radius 1 is 1.38 bits per heavy atom. The molecule has 76 valence electrons. The maximum absolute atomic E-state index is 11.1. The van der Waals surface area contributed by atoms with Gasteiger partial charge in [-0.3, -0.25) is 4.79 Å². The zero-order valence-corrected chi connectivity index (χ0v) is 8.55. The summed E-state index contributed by atoms with van der Waals surface area (Å²) in [6.45, 7) is 2.60. The molecule has 1 aliphatic rings. The monoisotopic (exact) mass is 184 g/mol. The van der Waals surface area contributed by atoms with Crippen LogP contribution in [0.2, 0.25) is 0 Å². The smallest absolute Gasteiger partial charge is 0.305 e. The number of hydrogen-bond donors (Lipinski definition) is 0. The van der Waals surface area contributed by atoms with Crippen LogP contribution < -0.4 is 0 Å². The third-order valence-electron chi connectivity index (χ3n) is 2.70. The largest absolute Gasteiger partial charge is 0.466 e. The van der Waals surface area contributed by atoms with Crippen molar-refractivity contribution >= 4 is 5.97 Å². The zero-order chi connectivity index (χ0) is 9.52. The van der Waals surface area contributed by atoms with E-state index in [2.05, 4.69) is 0 Å². The molecule has 0 aromatic carbocycles. The second kappa shape index (κ2) is 6.01. The molecular formula is C11H20O2. The van der Waals surface area contributed by atoms with Crippen LogP contribution in [0.5, 0.6) is 0 Å². The van der Waals surface area contributed by atoms with E-state index in [1.165, 1.54) is 25.7 Å². The second-order valence-corrected chi connectivity index (χ2v) is 3.91. The highest BCUT2D eigenvalue weighted by Gasteiger charge is 2.16. The Morgan fingerprint density at radius 2 is 2.08 bits per heavy atom. The fourth-order valence-electron chi connectivity index (χ4n) is 1.91. The van der Waals surface area contributed by atoms with Gasteiger partial charge in [-0.2, -0.15) is 0 Å². The van der Waals surface area contributed by atoms with Crippen LogP contribution in [0.25, 0.3) is 0 Å². The Morgan fingerprint density at radius 3 is 2.69 bits per heavy atom. The first-order valence-electron chi connectivity index (χ1n) is 5.48. The van der Waals surface area contributed by atoms with Gasteiger partial charge in [0.2, 0.25) is 0 Å². The van der Waals surface area contributed by atoms with Crippen LogP contribution in [0.1, 0.15) is 51.9 Å². The maximum Gasteiger partial charge on any atom is 0.305 e. The van der Waals surface area contributed by atoms with E-state index >= 15 is 0 Å². The molecule has 1 fully saturated rings. The van der Waals surface area contributed by atoms with Crippen LogP contribution in [-0.4, -0.2) is 12.6 Å². The zero-order valence-electron chi connectivity index (χ0n) is 8.55. The van der Waals surface area contributed by atoms with Crippen LogP contribution in [-0.2, 0) is 9.53 Å². The van der Waals surface area contributed by atoms with Crippen LogP contribution in [0.4, 0.5) is 0 Å². The van der Waals surface area contributed by atoms with Gasteiger partial charge in [0, 0.05) is 6.42 Å². The van der Waals surface area contributed by atoms with Gasteiger partial charge in [-0.1, -0.05) is 32.6 Å². The Balaban J connectivity index is 2.00. The lowest BCUT2D eigenvalue weighted by molar-refractivity contribution is -0.144. The van der Waals surface area contributed by atoms with Crippen molar-refractivity contribution < 1.29 is 9.53 Å². The molecule has 0 atom stereocenters. The van der Waals surface area contributed by atoms with Gasteiger partial charge in [0.15, 0.2) is 0 Å². The van der Waals surface area contributed by atoms with Crippen molar-refractivity contribution in [2.75, 3.05) is 6.61 Å². The Bertz CT molecular complexity index is 148. The average molecular weight is 184 g/mol. The van der Waals surface area contributed by atoms with Crippen LogP contribution in [0.15, 0.2) is 0 Å². The second-order valence-electron chi connectivity index (χ2n) is 3.91. The third-order valence-corrected chi connectivity index (χ3v) is 2.70. The average Bonchev–Trinajstić information content (AvgIpc) is 2.64. The van der Waals surface area contributed by atoms with E-state index < -0.39 is 0 Å². The predicted octanol–water partition coefficient (Wildman–Crippen LogP) is 2.91. The van der Waals surface area contributed by atoms with Crippen LogP contribution in [0, 0.1) is 5.92 Å². The van der Waals surface area contributed by atoms with Gasteiger partial charge in [-0.05, 0) is 18.8 Å². The molecule has 0 heterocycles. The fraction of sp³-hybridized carbons (Fsp3) is 0.909. The normalized spacial score (nSPS) is 17.6. The van der Waals surface area contributed by atoms with Gasteiger partial charge in [0.25, 0.3) is 0 Å². The highest BCUT2D eigenvalue weighted by atomic mass is 16.5. The highest BCUT2D eigenvalue weighted by molar-refractivity contribution is 5.69. The number of carbonyl (C=O) groups excluding carboxylic acids is 1. The van der Waals surface area contributed by atoms with Gasteiger partial charge in [-0.25, -0.2) is 0 Å². The van der Waals surface area contributed by atoms with Crippen molar-refractivity contribution in [2.24, 2.45) is 5.92 Å². The molecular weight excluding hydrogens is 164 g/mol. The first kappa shape index (κ1) is 10.6. The van der Waals surface area contributed by atoms with Gasteiger partial charge in [0.05, 0.1) is 6.61 Å². The summed E-state index contributed by atoms with van der Waals surface area (Å²) >= 11 is 0. The molecule has 0 saturated heterocycles. The minimum atomic E-state index is -0.00579. The van der Waals surface area contributed by atoms with E-state index in [1.54, 1.807) is 0 Å². The lowest BCUT2D eigenvalue weighted by Crippen LogP contribution is -2.07. The fourth-order valence-corrected chi connectivity index (χ4v) is 1.91. The first-order valence-corrected chi connectivity index (χ1v) is 5.48. The summed E-state index contributed by atoms with van der Waals surface area (Å²) in [6, 6.07) is 0. The molecule has 0 N–H and O–H groups in total. The minimum absolute atomic E-state index is 0.00579. The van der Waals surface area contributed by atoms with E-state index in [-0.39, 0.29) is 5.97 Å². The van der Waals surface area contributed by atoms with E-state index in [4.69, 9.17) is 4.74 Å². The van der Waals surface area contributed by atoms with Crippen LogP contribution >= 0.6 is 0 Å². The van der Waals surface area contributed by atoms with E-state index in [9.17, 15) is 4.79 Å². The SMILES string of the molecule is CCCOC(=O)CCC1CCCC1. The molecule has 13 heavy (non-hydrogen) atoms. The molecule has 1 saturated carbocycles. The molecule has 0 aliphatic heterocycles. The number of rotatable bonds is 5. The summed E-state index contributed by atoms with van der Waals surface area (Å²) in [6.07, 6.45) is 7.95. The number of esters is 1. The number of hydrogen-bond acceptors (Lipinski definition) is 2. The molecule has 1 rings (SSSR count). The van der Waals surface area contributed by atoms with Crippen molar-refractivity contribution in [2.45, 2.75) is 51.9 Å². The molecule has 0 bridgehead atoms. The van der Waals surface area contributed by atoms with Crippen molar-refractivity contribution in [1.82, 2.24) is 0 Å². The van der Waals surface area contributed by atoms with Crippen molar-refractivity contribution in [1.29, 1.82) is 0 Å². The lowest BCUT2D eigenvalue weighted by atomic mass is 10.0. The Labute approximate surface area is 80.7 Å². The summed E-state index contributed by atoms with van der Waals surface area (Å²) in [7, 11) is 0. The number of carbonyl (C=O) groups is 1. The standard InChI is InChI=1S/C11H20O2/c1-2-9-13-11(12)8-7-10-5-3-4-6-10/h10H,2-9H2,1H3. The lowest BCUT2D eigenvalue weighted by Gasteiger charge is -2.07. The summed E-state index contributed by atoms with van der Waals surface area (Å²) < 4.78 is 5.01. The van der Waals surface area contributed by atoms with Crippen LogP contribution in [0.3, 0.4) is 0 Å². The van der Waals surface area contributed by atoms with Gasteiger partial charge in [-0.15, -0.1) is 0 Å². The van der Waals surface area contributed by atoms with Gasteiger partial charge >= 0.3 is 5.97 Å². The van der Waals surface area contributed by atoms with E-state index in [0.29, 0.717) is 13.0 Å². The topological polar surface area (TPSA) is 26.3 Å².